The van der Waals surface area contributed by atoms with Gasteiger partial charge >= 0.3 is 0 Å². The van der Waals surface area contributed by atoms with Crippen LogP contribution in [0.2, 0.25) is 0 Å². The summed E-state index contributed by atoms with van der Waals surface area (Å²) < 4.78 is 10.4. The molecule has 0 radical (unpaired) electrons. The molecule has 1 atom stereocenters. The second kappa shape index (κ2) is 9.37. The second-order valence-corrected chi connectivity index (χ2v) is 4.79. The number of nitrogens with one attached hydrogen (secondary N) is 1. The standard InChI is InChI=1S/C16H26N2O3/c1-4-14(18-9-6-10-21-5-2)16(19)12-7-8-15(20-3)13(17)11-12/h7-8,11,14,18H,4-6,9-10,17H2,1-3H3. The molecule has 0 saturated carbocycles. The molecule has 1 unspecified atom stereocenters. The van der Waals surface area contributed by atoms with Crippen LogP contribution in [0.25, 0.3) is 0 Å². The number of rotatable bonds is 10. The molecule has 1 rings (SSSR count). The Morgan fingerprint density at radius 1 is 1.38 bits per heavy atom. The third-order valence-electron chi connectivity index (χ3n) is 3.30. The summed E-state index contributed by atoms with van der Waals surface area (Å²) in [6, 6.07) is 4.96. The van der Waals surface area contributed by atoms with Gasteiger partial charge in [-0.15, -0.1) is 0 Å². The van der Waals surface area contributed by atoms with Crippen LogP contribution in [0.3, 0.4) is 0 Å². The minimum Gasteiger partial charge on any atom is -0.495 e. The Hall–Kier alpha value is -1.59. The van der Waals surface area contributed by atoms with E-state index in [1.165, 1.54) is 0 Å². The molecule has 21 heavy (non-hydrogen) atoms. The molecule has 0 amide bonds. The Morgan fingerprint density at radius 2 is 2.14 bits per heavy atom. The summed E-state index contributed by atoms with van der Waals surface area (Å²) in [4.78, 5) is 12.5. The molecule has 0 spiro atoms. The first-order valence-corrected chi connectivity index (χ1v) is 7.42. The van der Waals surface area contributed by atoms with Crippen molar-refractivity contribution in [2.24, 2.45) is 0 Å². The Kier molecular flexibility index (Phi) is 7.79. The third kappa shape index (κ3) is 5.36. The van der Waals surface area contributed by atoms with Crippen molar-refractivity contribution in [1.82, 2.24) is 5.32 Å². The highest BCUT2D eigenvalue weighted by atomic mass is 16.5. The van der Waals surface area contributed by atoms with Crippen LogP contribution in [-0.4, -0.2) is 38.7 Å². The predicted molar refractivity (Wildman–Crippen MR) is 84.9 cm³/mol. The van der Waals surface area contributed by atoms with Gasteiger partial charge in [-0.25, -0.2) is 0 Å². The fourth-order valence-electron chi connectivity index (χ4n) is 2.11. The highest BCUT2D eigenvalue weighted by Crippen LogP contribution is 2.22. The number of carbonyl (C=O) groups excluding carboxylic acids is 1. The number of methoxy groups -OCH3 is 1. The van der Waals surface area contributed by atoms with Crippen molar-refractivity contribution < 1.29 is 14.3 Å². The van der Waals surface area contributed by atoms with Crippen molar-refractivity contribution in [2.75, 3.05) is 32.6 Å². The van der Waals surface area contributed by atoms with Crippen molar-refractivity contribution in [3.8, 4) is 5.75 Å². The minimum atomic E-state index is -0.195. The average molecular weight is 294 g/mol. The largest absolute Gasteiger partial charge is 0.495 e. The van der Waals surface area contributed by atoms with E-state index in [4.69, 9.17) is 15.2 Å². The van der Waals surface area contributed by atoms with Crippen molar-refractivity contribution in [3.63, 3.8) is 0 Å². The number of ketones is 1. The molecule has 0 bridgehead atoms. The monoisotopic (exact) mass is 294 g/mol. The van der Waals surface area contributed by atoms with E-state index in [0.717, 1.165) is 26.0 Å². The molecule has 5 nitrogen and oxygen atoms in total. The van der Waals surface area contributed by atoms with Gasteiger partial charge in [0.2, 0.25) is 0 Å². The highest BCUT2D eigenvalue weighted by Gasteiger charge is 2.18. The molecule has 0 saturated heterocycles. The van der Waals surface area contributed by atoms with Gasteiger partial charge in [-0.1, -0.05) is 6.92 Å². The smallest absolute Gasteiger partial charge is 0.179 e. The number of carbonyl (C=O) groups is 1. The molecule has 0 aliphatic rings. The number of hydrogen-bond acceptors (Lipinski definition) is 5. The van der Waals surface area contributed by atoms with Crippen LogP contribution < -0.4 is 15.8 Å². The molecular formula is C16H26N2O3. The number of nitrogens with two attached hydrogens (primary N) is 1. The summed E-state index contributed by atoms with van der Waals surface area (Å²) in [5.41, 5.74) is 6.94. The lowest BCUT2D eigenvalue weighted by Crippen LogP contribution is -2.37. The minimum absolute atomic E-state index is 0.0586. The molecule has 5 heteroatoms. The lowest BCUT2D eigenvalue weighted by molar-refractivity contribution is 0.0935. The molecule has 0 aromatic heterocycles. The zero-order chi connectivity index (χ0) is 15.7. The van der Waals surface area contributed by atoms with Crippen molar-refractivity contribution in [3.05, 3.63) is 23.8 Å². The van der Waals surface area contributed by atoms with E-state index >= 15 is 0 Å². The number of ether oxygens (including phenoxy) is 2. The Bertz CT molecular complexity index is 449. The van der Waals surface area contributed by atoms with Gasteiger partial charge in [0.25, 0.3) is 0 Å². The summed E-state index contributed by atoms with van der Waals surface area (Å²) >= 11 is 0. The Balaban J connectivity index is 2.59. The van der Waals surface area contributed by atoms with Gasteiger partial charge in [0, 0.05) is 18.8 Å². The number of hydrogen-bond donors (Lipinski definition) is 2. The summed E-state index contributed by atoms with van der Waals surface area (Å²) in [5.74, 6) is 0.646. The lowest BCUT2D eigenvalue weighted by Gasteiger charge is -2.16. The van der Waals surface area contributed by atoms with Gasteiger partial charge in [-0.3, -0.25) is 4.79 Å². The van der Waals surface area contributed by atoms with Crippen LogP contribution in [0.4, 0.5) is 5.69 Å². The first-order chi connectivity index (χ1) is 10.1. The van der Waals surface area contributed by atoms with Crippen LogP contribution >= 0.6 is 0 Å². The van der Waals surface area contributed by atoms with Gasteiger partial charge in [0.1, 0.15) is 5.75 Å². The maximum Gasteiger partial charge on any atom is 0.179 e. The lowest BCUT2D eigenvalue weighted by atomic mass is 10.0. The molecule has 0 fully saturated rings. The predicted octanol–water partition coefficient (Wildman–Crippen LogP) is 2.25. The van der Waals surface area contributed by atoms with Gasteiger partial charge in [-0.05, 0) is 44.5 Å². The highest BCUT2D eigenvalue weighted by molar-refractivity contribution is 6.01. The van der Waals surface area contributed by atoms with Gasteiger partial charge in [-0.2, -0.15) is 0 Å². The van der Waals surface area contributed by atoms with E-state index in [-0.39, 0.29) is 11.8 Å². The molecule has 0 aliphatic heterocycles. The first-order valence-electron chi connectivity index (χ1n) is 7.42. The van der Waals surface area contributed by atoms with Crippen molar-refractivity contribution in [1.29, 1.82) is 0 Å². The third-order valence-corrected chi connectivity index (χ3v) is 3.30. The van der Waals surface area contributed by atoms with Crippen LogP contribution in [0, 0.1) is 0 Å². The zero-order valence-corrected chi connectivity index (χ0v) is 13.1. The van der Waals surface area contributed by atoms with Crippen LogP contribution in [0.1, 0.15) is 37.0 Å². The first kappa shape index (κ1) is 17.5. The number of Topliss-reactive ketones (excluding diaryl/α,β-unsaturated/α-hetero) is 1. The molecule has 118 valence electrons. The van der Waals surface area contributed by atoms with E-state index in [1.807, 2.05) is 13.8 Å². The maximum absolute atomic E-state index is 12.5. The van der Waals surface area contributed by atoms with Crippen molar-refractivity contribution >= 4 is 11.5 Å². The molecule has 1 aromatic rings. The summed E-state index contributed by atoms with van der Waals surface area (Å²) in [6.07, 6.45) is 1.63. The van der Waals surface area contributed by atoms with E-state index in [2.05, 4.69) is 5.32 Å². The van der Waals surface area contributed by atoms with E-state index in [0.29, 0.717) is 23.6 Å². The molecule has 0 heterocycles. The van der Waals surface area contributed by atoms with Gasteiger partial charge in [0.05, 0.1) is 18.8 Å². The fourth-order valence-corrected chi connectivity index (χ4v) is 2.11. The topological polar surface area (TPSA) is 73.6 Å². The van der Waals surface area contributed by atoms with Crippen LogP contribution in [0.15, 0.2) is 18.2 Å². The summed E-state index contributed by atoms with van der Waals surface area (Å²) in [7, 11) is 1.56. The molecule has 1 aromatic carbocycles. The quantitative estimate of drug-likeness (QED) is 0.393. The van der Waals surface area contributed by atoms with Crippen molar-refractivity contribution in [2.45, 2.75) is 32.7 Å². The van der Waals surface area contributed by atoms with E-state index < -0.39 is 0 Å². The maximum atomic E-state index is 12.5. The molecular weight excluding hydrogens is 268 g/mol. The van der Waals surface area contributed by atoms with Crippen LogP contribution in [-0.2, 0) is 4.74 Å². The summed E-state index contributed by atoms with van der Waals surface area (Å²) in [6.45, 7) is 6.16. The number of benzene rings is 1. The Labute approximate surface area is 126 Å². The fraction of sp³-hybridized carbons (Fsp3) is 0.562. The van der Waals surface area contributed by atoms with Crippen LogP contribution in [0.5, 0.6) is 5.75 Å². The zero-order valence-electron chi connectivity index (χ0n) is 13.1. The molecule has 3 N–H and O–H groups in total. The number of anilines is 1. The SMILES string of the molecule is CCOCCCNC(CC)C(=O)c1ccc(OC)c(N)c1. The molecule has 0 aliphatic carbocycles. The second-order valence-electron chi connectivity index (χ2n) is 4.79. The van der Waals surface area contributed by atoms with E-state index in [1.54, 1.807) is 25.3 Å². The van der Waals surface area contributed by atoms with E-state index in [9.17, 15) is 4.79 Å². The van der Waals surface area contributed by atoms with Gasteiger partial charge in [0.15, 0.2) is 5.78 Å². The Morgan fingerprint density at radius 3 is 2.71 bits per heavy atom. The van der Waals surface area contributed by atoms with Gasteiger partial charge < -0.3 is 20.5 Å². The summed E-state index contributed by atoms with van der Waals surface area (Å²) in [5, 5.41) is 3.27. The average Bonchev–Trinajstić information content (AvgIpc) is 2.50. The number of nitrogen functional groups attached to an aromatic ring is 1. The normalized spacial score (nSPS) is 12.1.